The van der Waals surface area contributed by atoms with Crippen molar-refractivity contribution in [3.63, 3.8) is 0 Å². The van der Waals surface area contributed by atoms with Gasteiger partial charge in [0.15, 0.2) is 0 Å². The highest BCUT2D eigenvalue weighted by Crippen LogP contribution is 2.29. The summed E-state index contributed by atoms with van der Waals surface area (Å²) in [6, 6.07) is 8.90. The zero-order chi connectivity index (χ0) is 20.3. The average molecular weight is 403 g/mol. The zero-order valence-corrected chi connectivity index (χ0v) is 14.6. The van der Waals surface area contributed by atoms with Gasteiger partial charge in [0.1, 0.15) is 0 Å². The van der Waals surface area contributed by atoms with Gasteiger partial charge in [-0.25, -0.2) is 0 Å². The number of thioether (sulfide) groups is 1. The summed E-state index contributed by atoms with van der Waals surface area (Å²) in [6.45, 7) is 0. The number of aromatic nitrogens is 2. The minimum Gasteiger partial charge on any atom is -0.327 e. The summed E-state index contributed by atoms with van der Waals surface area (Å²) in [5, 5.41) is 36.4. The molecule has 0 aliphatic carbocycles. The van der Waals surface area contributed by atoms with E-state index in [1.807, 2.05) is 0 Å². The quantitative estimate of drug-likeness (QED) is 0.321. The first-order valence-electron chi connectivity index (χ1n) is 7.47. The van der Waals surface area contributed by atoms with Crippen LogP contribution in [0.1, 0.15) is 5.56 Å². The predicted octanol–water partition coefficient (Wildman–Crippen LogP) is 3.75. The van der Waals surface area contributed by atoms with Crippen molar-refractivity contribution in [3.8, 4) is 11.4 Å². The van der Waals surface area contributed by atoms with E-state index >= 15 is 0 Å². The van der Waals surface area contributed by atoms with Crippen molar-refractivity contribution in [2.45, 2.75) is 11.0 Å². The molecule has 1 aromatic heterocycles. The number of rotatable bonds is 7. The van der Waals surface area contributed by atoms with Gasteiger partial charge in [-0.3, -0.25) is 30.3 Å². The lowest BCUT2D eigenvalue weighted by molar-refractivity contribution is -0.394. The number of nitro benzene ring substituents is 3. The highest BCUT2D eigenvalue weighted by Gasteiger charge is 2.17. The van der Waals surface area contributed by atoms with E-state index in [2.05, 4.69) is 10.1 Å². The molecule has 0 aliphatic heterocycles. The topological polar surface area (TPSA) is 168 Å². The van der Waals surface area contributed by atoms with Gasteiger partial charge in [0.05, 0.1) is 20.8 Å². The monoisotopic (exact) mass is 403 g/mol. The van der Waals surface area contributed by atoms with E-state index in [0.717, 1.165) is 17.8 Å². The molecule has 142 valence electrons. The van der Waals surface area contributed by atoms with Gasteiger partial charge in [0.2, 0.25) is 5.82 Å². The SMILES string of the molecule is O=[N+]([O-])c1ccc(-c2noc(SCc3cc([N+](=O)[O-])cc([N+](=O)[O-])c3)n2)cc1. The van der Waals surface area contributed by atoms with E-state index < -0.39 is 14.8 Å². The molecule has 0 amide bonds. The van der Waals surface area contributed by atoms with Crippen LogP contribution in [0.4, 0.5) is 17.1 Å². The molecule has 0 N–H and O–H groups in total. The fourth-order valence-corrected chi connectivity index (χ4v) is 2.91. The summed E-state index contributed by atoms with van der Waals surface area (Å²) in [5.41, 5.74) is 0.00563. The van der Waals surface area contributed by atoms with E-state index in [1.165, 1.54) is 36.4 Å². The third kappa shape index (κ3) is 4.27. The van der Waals surface area contributed by atoms with Gasteiger partial charge in [0.25, 0.3) is 22.3 Å². The third-order valence-electron chi connectivity index (χ3n) is 3.49. The van der Waals surface area contributed by atoms with Crippen LogP contribution in [-0.2, 0) is 5.75 Å². The molecule has 0 atom stereocenters. The Kier molecular flexibility index (Phi) is 5.26. The molecule has 0 unspecified atom stereocenters. The summed E-state index contributed by atoms with van der Waals surface area (Å²) in [4.78, 5) is 34.7. The van der Waals surface area contributed by atoms with E-state index in [4.69, 9.17) is 4.52 Å². The predicted molar refractivity (Wildman–Crippen MR) is 95.7 cm³/mol. The third-order valence-corrected chi connectivity index (χ3v) is 4.38. The Balaban J connectivity index is 1.75. The molecule has 2 aromatic carbocycles. The maximum absolute atomic E-state index is 10.9. The van der Waals surface area contributed by atoms with Crippen LogP contribution in [0.5, 0.6) is 0 Å². The second-order valence-electron chi connectivity index (χ2n) is 5.35. The molecule has 3 aromatic rings. The van der Waals surface area contributed by atoms with Crippen molar-refractivity contribution in [2.75, 3.05) is 0 Å². The molecule has 3 rings (SSSR count). The van der Waals surface area contributed by atoms with Crippen LogP contribution in [0.25, 0.3) is 11.4 Å². The summed E-state index contributed by atoms with van der Waals surface area (Å²) >= 11 is 1.04. The maximum atomic E-state index is 10.9. The highest BCUT2D eigenvalue weighted by molar-refractivity contribution is 7.98. The van der Waals surface area contributed by atoms with Crippen molar-refractivity contribution in [1.82, 2.24) is 10.1 Å². The molecule has 0 aliphatic rings. The van der Waals surface area contributed by atoms with Crippen LogP contribution < -0.4 is 0 Å². The Bertz CT molecular complexity index is 1030. The van der Waals surface area contributed by atoms with Gasteiger partial charge in [-0.15, -0.1) is 0 Å². The van der Waals surface area contributed by atoms with Crippen molar-refractivity contribution >= 4 is 28.8 Å². The van der Waals surface area contributed by atoms with Crippen LogP contribution in [0.2, 0.25) is 0 Å². The maximum Gasteiger partial charge on any atom is 0.286 e. The fraction of sp³-hybridized carbons (Fsp3) is 0.0667. The van der Waals surface area contributed by atoms with Gasteiger partial charge < -0.3 is 4.52 Å². The molecular weight excluding hydrogens is 394 g/mol. The summed E-state index contributed by atoms with van der Waals surface area (Å²) < 4.78 is 5.07. The molecule has 0 spiro atoms. The van der Waals surface area contributed by atoms with E-state index in [9.17, 15) is 30.3 Å². The van der Waals surface area contributed by atoms with Crippen molar-refractivity contribution in [1.29, 1.82) is 0 Å². The fourth-order valence-electron chi connectivity index (χ4n) is 2.21. The second kappa shape index (κ2) is 7.79. The minimum absolute atomic E-state index is 0.0749. The molecular formula is C15H9N5O7S. The highest BCUT2D eigenvalue weighted by atomic mass is 32.2. The standard InChI is InChI=1S/C15H9N5O7S/c21-18(22)11-3-1-10(2-4-11)14-16-15(27-17-14)28-8-9-5-12(19(23)24)7-13(6-9)20(25)26/h1-7H,8H2. The number of hydrogen-bond acceptors (Lipinski definition) is 10. The van der Waals surface area contributed by atoms with Crippen LogP contribution in [0, 0.1) is 30.3 Å². The minimum atomic E-state index is -0.708. The Morgan fingerprint density at radius 2 is 1.43 bits per heavy atom. The number of nitrogens with zero attached hydrogens (tertiary/aromatic N) is 5. The normalized spacial score (nSPS) is 10.6. The van der Waals surface area contributed by atoms with Gasteiger partial charge in [0, 0.05) is 35.6 Å². The Labute approximate surface area is 159 Å². The zero-order valence-electron chi connectivity index (χ0n) is 13.8. The summed E-state index contributed by atoms with van der Waals surface area (Å²) in [5.74, 6) is 0.340. The Morgan fingerprint density at radius 3 is 1.96 bits per heavy atom. The first-order chi connectivity index (χ1) is 13.3. The van der Waals surface area contributed by atoms with Crippen LogP contribution in [0.15, 0.2) is 52.2 Å². The van der Waals surface area contributed by atoms with Crippen molar-refractivity contribution < 1.29 is 19.3 Å². The van der Waals surface area contributed by atoms with Gasteiger partial charge in [-0.2, -0.15) is 4.98 Å². The first-order valence-corrected chi connectivity index (χ1v) is 8.46. The van der Waals surface area contributed by atoms with E-state index in [0.29, 0.717) is 11.1 Å². The molecule has 28 heavy (non-hydrogen) atoms. The van der Waals surface area contributed by atoms with E-state index in [1.54, 1.807) is 0 Å². The molecule has 0 fully saturated rings. The number of benzene rings is 2. The smallest absolute Gasteiger partial charge is 0.286 e. The molecule has 12 nitrogen and oxygen atoms in total. The first kappa shape index (κ1) is 18.9. The van der Waals surface area contributed by atoms with Crippen LogP contribution in [-0.4, -0.2) is 24.9 Å². The van der Waals surface area contributed by atoms with Crippen molar-refractivity contribution in [3.05, 3.63) is 78.4 Å². The molecule has 0 saturated heterocycles. The van der Waals surface area contributed by atoms with E-state index in [-0.39, 0.29) is 33.9 Å². The lowest BCUT2D eigenvalue weighted by atomic mass is 10.2. The number of nitro groups is 3. The van der Waals surface area contributed by atoms with Gasteiger partial charge >= 0.3 is 0 Å². The number of hydrogen-bond donors (Lipinski definition) is 0. The molecule has 13 heteroatoms. The number of non-ortho nitro benzene ring substituents is 3. The summed E-state index contributed by atoms with van der Waals surface area (Å²) in [7, 11) is 0. The average Bonchev–Trinajstić information content (AvgIpc) is 3.15. The molecule has 0 saturated carbocycles. The van der Waals surface area contributed by atoms with Gasteiger partial charge in [-0.1, -0.05) is 16.9 Å². The van der Waals surface area contributed by atoms with Crippen LogP contribution >= 0.6 is 11.8 Å². The van der Waals surface area contributed by atoms with Gasteiger partial charge in [-0.05, 0) is 17.7 Å². The lowest BCUT2D eigenvalue weighted by Gasteiger charge is -1.99. The second-order valence-corrected chi connectivity index (χ2v) is 6.28. The lowest BCUT2D eigenvalue weighted by Crippen LogP contribution is -1.95. The largest absolute Gasteiger partial charge is 0.327 e. The molecule has 0 bridgehead atoms. The van der Waals surface area contributed by atoms with Crippen LogP contribution in [0.3, 0.4) is 0 Å². The summed E-state index contributed by atoms with van der Waals surface area (Å²) in [6.07, 6.45) is 0. The molecule has 1 heterocycles. The molecule has 0 radical (unpaired) electrons. The Hall–Kier alpha value is -3.87. The van der Waals surface area contributed by atoms with Crippen molar-refractivity contribution in [2.24, 2.45) is 0 Å². The Morgan fingerprint density at radius 1 is 0.857 bits per heavy atom.